The molecule has 0 aromatic rings. The summed E-state index contributed by atoms with van der Waals surface area (Å²) in [4.78, 5) is 12.0. The molecular weight excluding hydrogens is 401 g/mol. The van der Waals surface area contributed by atoms with Gasteiger partial charge in [-0.2, -0.15) is 0 Å². The van der Waals surface area contributed by atoms with Gasteiger partial charge in [0, 0.05) is 52.9 Å². The highest BCUT2D eigenvalue weighted by molar-refractivity contribution is 14.0. The topological polar surface area (TPSA) is 34.1 Å². The lowest BCUT2D eigenvalue weighted by Gasteiger charge is -2.33. The number of piperazine rings is 1. The van der Waals surface area contributed by atoms with Crippen LogP contribution >= 0.6 is 24.0 Å². The monoisotopic (exact) mass is 437 g/mol. The van der Waals surface area contributed by atoms with Gasteiger partial charge >= 0.3 is 0 Å². The molecule has 1 aliphatic rings. The number of likely N-dealkylation sites (N-methyl/N-ethyl adjacent to an activating group) is 1. The first kappa shape index (κ1) is 22.7. The van der Waals surface area contributed by atoms with E-state index in [9.17, 15) is 0 Å². The van der Waals surface area contributed by atoms with Gasteiger partial charge in [-0.3, -0.25) is 9.89 Å². The summed E-state index contributed by atoms with van der Waals surface area (Å²) in [7, 11) is 2.12. The zero-order valence-corrected chi connectivity index (χ0v) is 17.6. The molecule has 0 unspecified atom stereocenters. The second kappa shape index (κ2) is 14.0. The average Bonchev–Trinajstić information content (AvgIpc) is 2.55. The molecule has 1 saturated heterocycles. The number of unbranched alkanes of at least 4 members (excludes halogenated alkanes) is 1. The quantitative estimate of drug-likeness (QED) is 0.197. The summed E-state index contributed by atoms with van der Waals surface area (Å²) in [5, 5.41) is 3.39. The molecule has 0 atom stereocenters. The van der Waals surface area contributed by atoms with E-state index in [-0.39, 0.29) is 24.0 Å². The zero-order chi connectivity index (χ0) is 16.2. The summed E-state index contributed by atoms with van der Waals surface area (Å²) in [6.45, 7) is 17.9. The number of rotatable bonds is 9. The molecule has 0 aromatic carbocycles. The van der Waals surface area contributed by atoms with Gasteiger partial charge in [0.25, 0.3) is 0 Å². The third kappa shape index (κ3) is 9.52. The number of hydrogen-bond donors (Lipinski definition) is 1. The molecule has 6 heteroatoms. The summed E-state index contributed by atoms with van der Waals surface area (Å²) in [6.07, 6.45) is 4.17. The summed E-state index contributed by atoms with van der Waals surface area (Å²) in [5.74, 6) is 1.03. The molecule has 0 saturated carbocycles. The molecule has 1 rings (SSSR count). The van der Waals surface area contributed by atoms with Gasteiger partial charge < -0.3 is 15.1 Å². The minimum absolute atomic E-state index is 0. The maximum atomic E-state index is 4.78. The molecule has 1 aliphatic heterocycles. The molecule has 1 N–H and O–H groups in total. The molecule has 0 bridgehead atoms. The molecule has 0 spiro atoms. The van der Waals surface area contributed by atoms with E-state index in [1.54, 1.807) is 0 Å². The van der Waals surface area contributed by atoms with Crippen molar-refractivity contribution in [1.29, 1.82) is 0 Å². The molecule has 1 fully saturated rings. The summed E-state index contributed by atoms with van der Waals surface area (Å²) in [5.41, 5.74) is 0. The van der Waals surface area contributed by atoms with Crippen LogP contribution in [0.5, 0.6) is 0 Å². The second-order valence-corrected chi connectivity index (χ2v) is 5.86. The SMILES string of the molecule is C=CCCCN(C)C(=NCCN1CCN(CC)CC1)NCC.I. The zero-order valence-electron chi connectivity index (χ0n) is 15.3. The fraction of sp³-hybridized carbons (Fsp3) is 0.824. The van der Waals surface area contributed by atoms with Crippen molar-refractivity contribution < 1.29 is 0 Å². The van der Waals surface area contributed by atoms with Gasteiger partial charge in [0.1, 0.15) is 0 Å². The molecule has 0 aromatic heterocycles. The van der Waals surface area contributed by atoms with Crippen molar-refractivity contribution in [3.05, 3.63) is 12.7 Å². The fourth-order valence-corrected chi connectivity index (χ4v) is 2.67. The number of hydrogen-bond acceptors (Lipinski definition) is 3. The lowest BCUT2D eigenvalue weighted by atomic mass is 10.3. The molecule has 5 nitrogen and oxygen atoms in total. The van der Waals surface area contributed by atoms with Gasteiger partial charge in [-0.25, -0.2) is 0 Å². The largest absolute Gasteiger partial charge is 0.357 e. The first-order valence-electron chi connectivity index (χ1n) is 8.76. The van der Waals surface area contributed by atoms with Gasteiger partial charge in [-0.15, -0.1) is 30.6 Å². The minimum Gasteiger partial charge on any atom is -0.357 e. The Bertz CT molecular complexity index is 327. The number of halogens is 1. The van der Waals surface area contributed by atoms with Crippen molar-refractivity contribution in [1.82, 2.24) is 20.0 Å². The Labute approximate surface area is 160 Å². The van der Waals surface area contributed by atoms with Crippen molar-refractivity contribution in [3.8, 4) is 0 Å². The Morgan fingerprint density at radius 3 is 2.43 bits per heavy atom. The van der Waals surface area contributed by atoms with Crippen LogP contribution in [0.4, 0.5) is 0 Å². The number of nitrogens with one attached hydrogen (secondary N) is 1. The number of allylic oxidation sites excluding steroid dienone is 1. The maximum absolute atomic E-state index is 4.78. The highest BCUT2D eigenvalue weighted by Crippen LogP contribution is 2.01. The highest BCUT2D eigenvalue weighted by Gasteiger charge is 2.14. The van der Waals surface area contributed by atoms with Crippen LogP contribution in [0.3, 0.4) is 0 Å². The van der Waals surface area contributed by atoms with E-state index in [0.717, 1.165) is 45.0 Å². The highest BCUT2D eigenvalue weighted by atomic mass is 127. The Balaban J connectivity index is 0.00000484. The Morgan fingerprint density at radius 1 is 1.22 bits per heavy atom. The van der Waals surface area contributed by atoms with Crippen LogP contribution in [0.15, 0.2) is 17.6 Å². The molecule has 23 heavy (non-hydrogen) atoms. The normalized spacial score (nSPS) is 16.7. The Morgan fingerprint density at radius 2 is 1.87 bits per heavy atom. The maximum Gasteiger partial charge on any atom is 0.193 e. The van der Waals surface area contributed by atoms with Crippen molar-refractivity contribution in [3.63, 3.8) is 0 Å². The third-order valence-corrected chi connectivity index (χ3v) is 4.19. The lowest BCUT2D eigenvalue weighted by molar-refractivity contribution is 0.140. The van der Waals surface area contributed by atoms with E-state index < -0.39 is 0 Å². The van der Waals surface area contributed by atoms with Crippen molar-refractivity contribution in [2.24, 2.45) is 4.99 Å². The summed E-state index contributed by atoms with van der Waals surface area (Å²) < 4.78 is 0. The lowest BCUT2D eigenvalue weighted by Crippen LogP contribution is -2.47. The van der Waals surface area contributed by atoms with Crippen molar-refractivity contribution in [2.75, 3.05) is 66.0 Å². The summed E-state index contributed by atoms with van der Waals surface area (Å²) in [6, 6.07) is 0. The van der Waals surface area contributed by atoms with Crippen LogP contribution < -0.4 is 5.32 Å². The molecule has 1 heterocycles. The van der Waals surface area contributed by atoms with Gasteiger partial charge in [0.05, 0.1) is 6.54 Å². The molecule has 0 amide bonds. The van der Waals surface area contributed by atoms with Crippen molar-refractivity contribution in [2.45, 2.75) is 26.7 Å². The molecular formula is C17H36IN5. The first-order chi connectivity index (χ1) is 10.7. The predicted octanol–water partition coefficient (Wildman–Crippen LogP) is 2.11. The van der Waals surface area contributed by atoms with E-state index in [1.807, 2.05) is 6.08 Å². The van der Waals surface area contributed by atoms with Crippen LogP contribution in [0.2, 0.25) is 0 Å². The standard InChI is InChI=1S/C17H35N5.HI/c1-5-8-9-11-20(4)17(18-6-2)19-10-12-22-15-13-21(7-3)14-16-22;/h5H,1,6-16H2,2-4H3,(H,18,19);1H. The number of guanidine groups is 1. The minimum atomic E-state index is 0. The number of nitrogens with zero attached hydrogens (tertiary/aromatic N) is 4. The average molecular weight is 437 g/mol. The number of aliphatic imine (C=N–C) groups is 1. The molecule has 136 valence electrons. The smallest absolute Gasteiger partial charge is 0.193 e. The molecule has 0 aliphatic carbocycles. The van der Waals surface area contributed by atoms with Crippen LogP contribution in [-0.2, 0) is 0 Å². The summed E-state index contributed by atoms with van der Waals surface area (Å²) >= 11 is 0. The second-order valence-electron chi connectivity index (χ2n) is 5.86. The van der Waals surface area contributed by atoms with E-state index >= 15 is 0 Å². The Hall–Kier alpha value is -0.340. The first-order valence-corrected chi connectivity index (χ1v) is 8.76. The van der Waals surface area contributed by atoms with Gasteiger partial charge in [0.2, 0.25) is 0 Å². The van der Waals surface area contributed by atoms with Crippen LogP contribution in [0.1, 0.15) is 26.7 Å². The van der Waals surface area contributed by atoms with Gasteiger partial charge in [-0.05, 0) is 26.3 Å². The van der Waals surface area contributed by atoms with Gasteiger partial charge in [0.15, 0.2) is 5.96 Å². The van der Waals surface area contributed by atoms with Crippen LogP contribution in [0, 0.1) is 0 Å². The fourth-order valence-electron chi connectivity index (χ4n) is 2.67. The molecule has 0 radical (unpaired) electrons. The van der Waals surface area contributed by atoms with Crippen molar-refractivity contribution >= 4 is 29.9 Å². The van der Waals surface area contributed by atoms with Crippen LogP contribution in [-0.4, -0.2) is 86.6 Å². The Kier molecular flexibility index (Phi) is 13.8. The van der Waals surface area contributed by atoms with Crippen LogP contribution in [0.25, 0.3) is 0 Å². The van der Waals surface area contributed by atoms with E-state index in [4.69, 9.17) is 4.99 Å². The van der Waals surface area contributed by atoms with E-state index in [1.165, 1.54) is 32.7 Å². The van der Waals surface area contributed by atoms with E-state index in [2.05, 4.69) is 47.5 Å². The third-order valence-electron chi connectivity index (χ3n) is 4.19. The van der Waals surface area contributed by atoms with Gasteiger partial charge in [-0.1, -0.05) is 13.0 Å². The van der Waals surface area contributed by atoms with E-state index in [0.29, 0.717) is 0 Å². The predicted molar refractivity (Wildman–Crippen MR) is 112 cm³/mol.